The van der Waals surface area contributed by atoms with Crippen LogP contribution in [0.15, 0.2) is 30.3 Å². The van der Waals surface area contributed by atoms with Crippen molar-refractivity contribution in [2.45, 2.75) is 152 Å². The summed E-state index contributed by atoms with van der Waals surface area (Å²) in [5, 5.41) is 19.8. The number of piperidine rings is 3. The molecule has 78 heavy (non-hydrogen) atoms. The van der Waals surface area contributed by atoms with E-state index in [9.17, 15) is 19.5 Å². The van der Waals surface area contributed by atoms with Gasteiger partial charge in [0.15, 0.2) is 5.82 Å². The first kappa shape index (κ1) is 51.3. The number of imide groups is 1. The number of aryl methyl sites for hydroxylation is 3. The van der Waals surface area contributed by atoms with Crippen molar-refractivity contribution < 1.29 is 38.1 Å². The number of amides is 3. The highest BCUT2D eigenvalue weighted by atomic mass is 19.1. The zero-order valence-electron chi connectivity index (χ0n) is 45.7. The fourth-order valence-corrected chi connectivity index (χ4v) is 15.4. The van der Waals surface area contributed by atoms with Crippen molar-refractivity contribution >= 4 is 51.2 Å². The van der Waals surface area contributed by atoms with Gasteiger partial charge in [-0.3, -0.25) is 24.5 Å². The maximum Gasteiger partial charge on any atom is 0.409 e. The Morgan fingerprint density at radius 3 is 2.53 bits per heavy atom. The Labute approximate surface area is 455 Å². The lowest BCUT2D eigenvalue weighted by Gasteiger charge is -2.37. The van der Waals surface area contributed by atoms with Crippen LogP contribution in [0.2, 0.25) is 0 Å². The van der Waals surface area contributed by atoms with Crippen LogP contribution in [0.5, 0.6) is 11.8 Å². The van der Waals surface area contributed by atoms with Crippen molar-refractivity contribution in [3.05, 3.63) is 58.7 Å². The molecule has 13 rings (SSSR count). The minimum Gasteiger partial charge on any atom is -0.508 e. The molecule has 1 aliphatic carbocycles. The predicted molar refractivity (Wildman–Crippen MR) is 293 cm³/mol. The number of rotatable bonds is 10. The molecule has 0 radical (unpaired) electrons. The van der Waals surface area contributed by atoms with Crippen LogP contribution in [0, 0.1) is 17.7 Å². The number of aromatic nitrogens is 5. The average Bonchev–Trinajstić information content (AvgIpc) is 4.11. The number of phenolic OH excluding ortho intramolecular Hbond substituents is 1. The number of nitrogens with zero attached hydrogens (tertiary/aromatic N) is 9. The summed E-state index contributed by atoms with van der Waals surface area (Å²) >= 11 is 0. The first-order valence-corrected chi connectivity index (χ1v) is 29.3. The molecule has 0 spiro atoms. The van der Waals surface area contributed by atoms with Crippen molar-refractivity contribution in [1.29, 1.82) is 0 Å². The number of hydrogen-bond donors (Lipinski definition) is 2. The van der Waals surface area contributed by atoms with E-state index in [0.717, 1.165) is 143 Å². The second-order valence-corrected chi connectivity index (χ2v) is 24.7. The summed E-state index contributed by atoms with van der Waals surface area (Å²) in [5.74, 6) is 0.581. The van der Waals surface area contributed by atoms with E-state index in [4.69, 9.17) is 34.3 Å². The molecule has 1 unspecified atom stereocenters. The molecule has 2 aromatic carbocycles. The maximum absolute atomic E-state index is 17.6. The normalized spacial score (nSPS) is 25.9. The van der Waals surface area contributed by atoms with Crippen LogP contribution in [0.3, 0.4) is 0 Å². The number of carbonyl (C=O) groups is 3. The molecule has 18 heteroatoms. The van der Waals surface area contributed by atoms with Gasteiger partial charge in [-0.25, -0.2) is 14.2 Å². The second-order valence-electron chi connectivity index (χ2n) is 24.7. The molecule has 6 saturated heterocycles. The molecule has 6 fully saturated rings. The maximum atomic E-state index is 17.6. The summed E-state index contributed by atoms with van der Waals surface area (Å²) in [6, 6.07) is 10.2. The van der Waals surface area contributed by atoms with Gasteiger partial charge in [0.25, 0.3) is 0 Å². The van der Waals surface area contributed by atoms with E-state index >= 15 is 4.39 Å². The first-order valence-electron chi connectivity index (χ1n) is 29.3. The molecule has 3 aromatic heterocycles. The van der Waals surface area contributed by atoms with E-state index < -0.39 is 11.7 Å². The number of halogens is 1. The molecular weight excluding hydrogens is 992 g/mol. The largest absolute Gasteiger partial charge is 0.508 e. The fourth-order valence-electron chi connectivity index (χ4n) is 15.4. The molecule has 8 aliphatic rings. The molecule has 7 aliphatic heterocycles. The Kier molecular flexibility index (Phi) is 13.5. The average molecular weight is 1070 g/mol. The lowest BCUT2D eigenvalue weighted by Crippen LogP contribution is -2.48. The van der Waals surface area contributed by atoms with Gasteiger partial charge < -0.3 is 34.0 Å². The molecular formula is C60H75FN10O7. The van der Waals surface area contributed by atoms with E-state index in [1.54, 1.807) is 6.07 Å². The van der Waals surface area contributed by atoms with Crippen LogP contribution < -0.4 is 19.9 Å². The van der Waals surface area contributed by atoms with Gasteiger partial charge in [-0.1, -0.05) is 13.8 Å². The number of nitrogens with one attached hydrogen (secondary N) is 1. The number of benzene rings is 2. The van der Waals surface area contributed by atoms with E-state index in [1.807, 2.05) is 22.7 Å². The lowest BCUT2D eigenvalue weighted by molar-refractivity contribution is -0.134. The van der Waals surface area contributed by atoms with Crippen LogP contribution in [-0.2, 0) is 44.4 Å². The Morgan fingerprint density at radius 2 is 1.71 bits per heavy atom. The Bertz CT molecular complexity index is 3170. The molecule has 17 nitrogen and oxygen atoms in total. The van der Waals surface area contributed by atoms with E-state index in [-0.39, 0.29) is 63.9 Å². The van der Waals surface area contributed by atoms with Gasteiger partial charge in [-0.2, -0.15) is 15.1 Å². The van der Waals surface area contributed by atoms with E-state index in [1.165, 1.54) is 12.1 Å². The molecule has 10 heterocycles. The third-order valence-corrected chi connectivity index (χ3v) is 19.5. The number of phenols is 1. The number of hydrogen-bond acceptors (Lipinski definition) is 14. The third-order valence-electron chi connectivity index (χ3n) is 19.5. The number of aromatic hydroxyl groups is 1. The lowest BCUT2D eigenvalue weighted by atomic mass is 9.70. The van der Waals surface area contributed by atoms with Crippen molar-refractivity contribution in [2.24, 2.45) is 18.9 Å². The highest BCUT2D eigenvalue weighted by Gasteiger charge is 2.50. The second kappa shape index (κ2) is 20.5. The van der Waals surface area contributed by atoms with Gasteiger partial charge in [0.1, 0.15) is 36.0 Å². The van der Waals surface area contributed by atoms with Crippen molar-refractivity contribution in [3.8, 4) is 23.0 Å². The number of likely N-dealkylation sites (tertiary alicyclic amines) is 1. The summed E-state index contributed by atoms with van der Waals surface area (Å²) in [4.78, 5) is 62.4. The molecule has 2 N–H and O–H groups in total. The number of anilines is 2. The SMILES string of the molecule is Cn1nc(C2CCC(=O)NC2=O)c2ccc(N3CCC(CC4CCN(C(=O)OC[C@@H]5CC[C@]6(COc7nc8c9c(nc(-c%10cc(O)cc%11c%10C(C)(C)CCC%11)c(F)c9n7)CC[C@H]7COCCCN87)CCCN56)CC4)CC3)cc21. The van der Waals surface area contributed by atoms with Gasteiger partial charge in [0.2, 0.25) is 11.8 Å². The molecule has 4 atom stereocenters. The van der Waals surface area contributed by atoms with Crippen LogP contribution >= 0.6 is 0 Å². The summed E-state index contributed by atoms with van der Waals surface area (Å²) < 4.78 is 38.4. The van der Waals surface area contributed by atoms with E-state index in [2.05, 4.69) is 52.1 Å². The number of fused-ring (bicyclic) bond motifs is 5. The summed E-state index contributed by atoms with van der Waals surface area (Å²) in [5.41, 5.74) is 6.31. The molecule has 3 amide bonds. The zero-order valence-corrected chi connectivity index (χ0v) is 45.7. The Balaban J connectivity index is 0.632. The molecule has 0 bridgehead atoms. The minimum atomic E-state index is -0.520. The third kappa shape index (κ3) is 9.39. The van der Waals surface area contributed by atoms with Crippen LogP contribution in [0.25, 0.3) is 33.1 Å². The molecule has 0 saturated carbocycles. The predicted octanol–water partition coefficient (Wildman–Crippen LogP) is 8.63. The number of carbonyl (C=O) groups excluding carboxylic acids is 3. The van der Waals surface area contributed by atoms with Crippen molar-refractivity contribution in [1.82, 2.24) is 39.8 Å². The number of pyridine rings is 1. The van der Waals surface area contributed by atoms with Gasteiger partial charge in [-0.15, -0.1) is 0 Å². The highest BCUT2D eigenvalue weighted by molar-refractivity contribution is 6.03. The van der Waals surface area contributed by atoms with Crippen molar-refractivity contribution in [3.63, 3.8) is 0 Å². The van der Waals surface area contributed by atoms with Gasteiger partial charge in [-0.05, 0) is 168 Å². The van der Waals surface area contributed by atoms with Crippen molar-refractivity contribution in [2.75, 3.05) is 75.5 Å². The summed E-state index contributed by atoms with van der Waals surface area (Å²) in [7, 11) is 1.92. The first-order chi connectivity index (χ1) is 37.8. The molecule has 5 aromatic rings. The topological polar surface area (TPSA) is 181 Å². The van der Waals surface area contributed by atoms with Gasteiger partial charge >= 0.3 is 12.1 Å². The standard InChI is InChI=1S/C60H75FN10O7/c1-59(2)19-4-7-38-30-42(72)32-45(50(38)59)53-51(61)54-49-46(62-53)12-9-40-33-76-28-6-22-70(40)55(49)65-57(64-54)78-35-60-20-5-23-71(60)41(14-21-60)34-77-58(75)69-26-17-37(18-27-69)29-36-15-24-68(25-16-36)39-8-10-43-47(31-39)67(3)66-52(43)44-11-13-48(73)63-56(44)74/h8,10,30-32,36-37,40-41,44,72H,4-7,9,11-29,33-35H2,1-3H3,(H,63,73,74)/t40-,41-,44?,60-/m0/s1. The molecule has 414 valence electrons. The summed E-state index contributed by atoms with van der Waals surface area (Å²) in [6.07, 6.45) is 14.7. The van der Waals surface area contributed by atoms with Crippen LogP contribution in [0.4, 0.5) is 20.7 Å². The summed E-state index contributed by atoms with van der Waals surface area (Å²) in [6.45, 7) is 11.3. The van der Waals surface area contributed by atoms with Gasteiger partial charge in [0.05, 0.1) is 46.4 Å². The fraction of sp³-hybridized carbons (Fsp3) is 0.617. The highest BCUT2D eigenvalue weighted by Crippen LogP contribution is 2.48. The Hall–Kier alpha value is -6.14. The quantitative estimate of drug-likeness (QED) is 0.127. The van der Waals surface area contributed by atoms with Crippen LogP contribution in [-0.4, -0.2) is 141 Å². The van der Waals surface area contributed by atoms with Gasteiger partial charge in [0, 0.05) is 75.5 Å². The Morgan fingerprint density at radius 1 is 0.885 bits per heavy atom. The number of ether oxygens (including phenoxy) is 3. The monoisotopic (exact) mass is 1070 g/mol. The van der Waals surface area contributed by atoms with Crippen LogP contribution in [0.1, 0.15) is 139 Å². The smallest absolute Gasteiger partial charge is 0.409 e. The van der Waals surface area contributed by atoms with E-state index in [0.29, 0.717) is 87.4 Å². The zero-order chi connectivity index (χ0) is 53.5. The minimum absolute atomic E-state index is 0.0461.